The molecule has 1 aromatic heterocycles. The van der Waals surface area contributed by atoms with Gasteiger partial charge in [0.1, 0.15) is 0 Å². The molecule has 1 aromatic rings. The molecule has 0 N–H and O–H groups in total. The van der Waals surface area contributed by atoms with Gasteiger partial charge in [-0.15, -0.1) is 11.3 Å². The first-order chi connectivity index (χ1) is 7.18. The molecular weight excluding hydrogens is 206 g/mol. The minimum Gasteiger partial charge on any atom is -0.335 e. The maximum absolute atomic E-state index is 12.2. The lowest BCUT2D eigenvalue weighted by molar-refractivity contribution is 0.0727. The summed E-state index contributed by atoms with van der Waals surface area (Å²) in [4.78, 5) is 15.1. The number of nitrogens with zero attached hydrogens (tertiary/aromatic N) is 1. The Hall–Kier alpha value is -0.830. The highest BCUT2D eigenvalue weighted by Crippen LogP contribution is 2.29. The third-order valence-corrected chi connectivity index (χ3v) is 3.40. The Morgan fingerprint density at radius 3 is 2.80 bits per heavy atom. The lowest BCUT2D eigenvalue weighted by Gasteiger charge is -2.23. The largest absolute Gasteiger partial charge is 0.335 e. The van der Waals surface area contributed by atoms with Crippen molar-refractivity contribution in [3.05, 3.63) is 22.4 Å². The van der Waals surface area contributed by atoms with E-state index in [2.05, 4.69) is 18.7 Å². The summed E-state index contributed by atoms with van der Waals surface area (Å²) in [5, 5.41) is 1.97. The topological polar surface area (TPSA) is 20.3 Å². The first-order valence-corrected chi connectivity index (χ1v) is 6.41. The van der Waals surface area contributed by atoms with Gasteiger partial charge in [0.15, 0.2) is 0 Å². The molecule has 0 radical (unpaired) electrons. The van der Waals surface area contributed by atoms with Crippen molar-refractivity contribution in [1.29, 1.82) is 0 Å². The molecule has 2 nitrogen and oxygen atoms in total. The number of carbonyl (C=O) groups is 1. The highest BCUT2D eigenvalue weighted by atomic mass is 32.1. The van der Waals surface area contributed by atoms with Crippen LogP contribution in [-0.4, -0.2) is 23.4 Å². The summed E-state index contributed by atoms with van der Waals surface area (Å²) in [5.41, 5.74) is 0. The molecule has 0 saturated heterocycles. The SMILES string of the molecule is CC(C)CN(C(=O)c1cccs1)C1CC1. The minimum absolute atomic E-state index is 0.223. The van der Waals surface area contributed by atoms with E-state index < -0.39 is 0 Å². The van der Waals surface area contributed by atoms with E-state index in [9.17, 15) is 4.79 Å². The van der Waals surface area contributed by atoms with Crippen LogP contribution in [0.2, 0.25) is 0 Å². The van der Waals surface area contributed by atoms with E-state index in [-0.39, 0.29) is 5.91 Å². The van der Waals surface area contributed by atoms with Crippen LogP contribution in [0.1, 0.15) is 36.4 Å². The summed E-state index contributed by atoms with van der Waals surface area (Å²) in [5.74, 6) is 0.774. The third-order valence-electron chi connectivity index (χ3n) is 2.54. The Morgan fingerprint density at radius 2 is 2.33 bits per heavy atom. The van der Waals surface area contributed by atoms with E-state index in [4.69, 9.17) is 0 Å². The van der Waals surface area contributed by atoms with Crippen LogP contribution < -0.4 is 0 Å². The first kappa shape index (κ1) is 10.7. The van der Waals surface area contributed by atoms with E-state index in [0.717, 1.165) is 11.4 Å². The number of hydrogen-bond donors (Lipinski definition) is 0. The average molecular weight is 223 g/mol. The molecule has 0 spiro atoms. The number of thiophene rings is 1. The van der Waals surface area contributed by atoms with Crippen molar-refractivity contribution in [1.82, 2.24) is 4.90 Å². The molecule has 0 aliphatic heterocycles. The monoisotopic (exact) mass is 223 g/mol. The molecule has 1 aliphatic carbocycles. The average Bonchev–Trinajstić information content (AvgIpc) is 2.88. The second-order valence-corrected chi connectivity index (χ2v) is 5.51. The maximum atomic E-state index is 12.2. The molecule has 1 aliphatic rings. The van der Waals surface area contributed by atoms with Crippen LogP contribution in [0.3, 0.4) is 0 Å². The van der Waals surface area contributed by atoms with Crippen molar-refractivity contribution in [3.63, 3.8) is 0 Å². The van der Waals surface area contributed by atoms with Crippen LogP contribution in [0.5, 0.6) is 0 Å². The Balaban J connectivity index is 2.07. The maximum Gasteiger partial charge on any atom is 0.264 e. The van der Waals surface area contributed by atoms with E-state index in [1.165, 1.54) is 12.8 Å². The van der Waals surface area contributed by atoms with Crippen molar-refractivity contribution >= 4 is 17.2 Å². The molecule has 0 atom stereocenters. The number of hydrogen-bond acceptors (Lipinski definition) is 2. The molecule has 2 rings (SSSR count). The van der Waals surface area contributed by atoms with Crippen LogP contribution in [0.15, 0.2) is 17.5 Å². The predicted molar refractivity (Wildman–Crippen MR) is 63.2 cm³/mol. The minimum atomic E-state index is 0.223. The van der Waals surface area contributed by atoms with Gasteiger partial charge in [-0.2, -0.15) is 0 Å². The van der Waals surface area contributed by atoms with Gasteiger partial charge in [-0.05, 0) is 30.2 Å². The quantitative estimate of drug-likeness (QED) is 0.768. The van der Waals surface area contributed by atoms with Gasteiger partial charge in [-0.25, -0.2) is 0 Å². The summed E-state index contributed by atoms with van der Waals surface area (Å²) in [7, 11) is 0. The number of amides is 1. The molecule has 82 valence electrons. The lowest BCUT2D eigenvalue weighted by Crippen LogP contribution is -2.35. The number of carbonyl (C=O) groups excluding carboxylic acids is 1. The fraction of sp³-hybridized carbons (Fsp3) is 0.583. The summed E-state index contributed by atoms with van der Waals surface area (Å²) < 4.78 is 0. The van der Waals surface area contributed by atoms with Gasteiger partial charge in [0.2, 0.25) is 0 Å². The molecule has 1 fully saturated rings. The highest BCUT2D eigenvalue weighted by molar-refractivity contribution is 7.12. The first-order valence-electron chi connectivity index (χ1n) is 5.53. The zero-order valence-electron chi connectivity index (χ0n) is 9.27. The number of rotatable bonds is 4. The van der Waals surface area contributed by atoms with Crippen molar-refractivity contribution in [2.24, 2.45) is 5.92 Å². The van der Waals surface area contributed by atoms with Gasteiger partial charge in [0.25, 0.3) is 5.91 Å². The summed E-state index contributed by atoms with van der Waals surface area (Å²) in [6.07, 6.45) is 2.37. The molecule has 0 unspecified atom stereocenters. The van der Waals surface area contributed by atoms with Crippen LogP contribution in [0.4, 0.5) is 0 Å². The molecule has 3 heteroatoms. The van der Waals surface area contributed by atoms with Gasteiger partial charge >= 0.3 is 0 Å². The molecule has 1 heterocycles. The normalized spacial score (nSPS) is 15.7. The second-order valence-electron chi connectivity index (χ2n) is 4.56. The van der Waals surface area contributed by atoms with Gasteiger partial charge in [0, 0.05) is 12.6 Å². The lowest BCUT2D eigenvalue weighted by atomic mass is 10.2. The van der Waals surface area contributed by atoms with Gasteiger partial charge < -0.3 is 4.90 Å². The standard InChI is InChI=1S/C12H17NOS/c1-9(2)8-13(10-5-6-10)12(14)11-4-3-7-15-11/h3-4,7,9-10H,5-6,8H2,1-2H3. The van der Waals surface area contributed by atoms with Crippen LogP contribution in [0.25, 0.3) is 0 Å². The van der Waals surface area contributed by atoms with E-state index in [0.29, 0.717) is 12.0 Å². The Morgan fingerprint density at radius 1 is 1.60 bits per heavy atom. The highest BCUT2D eigenvalue weighted by Gasteiger charge is 2.33. The van der Waals surface area contributed by atoms with Gasteiger partial charge in [0.05, 0.1) is 4.88 Å². The molecule has 1 saturated carbocycles. The van der Waals surface area contributed by atoms with Crippen LogP contribution >= 0.6 is 11.3 Å². The van der Waals surface area contributed by atoms with E-state index >= 15 is 0 Å². The van der Waals surface area contributed by atoms with Crippen molar-refractivity contribution in [2.75, 3.05) is 6.54 Å². The smallest absolute Gasteiger partial charge is 0.264 e. The zero-order chi connectivity index (χ0) is 10.8. The fourth-order valence-corrected chi connectivity index (χ4v) is 2.40. The molecule has 15 heavy (non-hydrogen) atoms. The zero-order valence-corrected chi connectivity index (χ0v) is 10.1. The molecule has 0 bridgehead atoms. The summed E-state index contributed by atoms with van der Waals surface area (Å²) in [6, 6.07) is 4.38. The Labute approximate surface area is 94.9 Å². The van der Waals surface area contributed by atoms with Crippen LogP contribution in [0, 0.1) is 5.92 Å². The van der Waals surface area contributed by atoms with Crippen molar-refractivity contribution in [2.45, 2.75) is 32.7 Å². The van der Waals surface area contributed by atoms with Gasteiger partial charge in [-0.3, -0.25) is 4.79 Å². The van der Waals surface area contributed by atoms with Gasteiger partial charge in [-0.1, -0.05) is 19.9 Å². The van der Waals surface area contributed by atoms with E-state index in [1.807, 2.05) is 17.5 Å². The second kappa shape index (κ2) is 4.35. The predicted octanol–water partition coefficient (Wildman–Crippen LogP) is 3.01. The Bertz CT molecular complexity index is 327. The van der Waals surface area contributed by atoms with Crippen molar-refractivity contribution < 1.29 is 4.79 Å². The molecule has 1 amide bonds. The summed E-state index contributed by atoms with van der Waals surface area (Å²) in [6.45, 7) is 5.22. The van der Waals surface area contributed by atoms with Crippen LogP contribution in [-0.2, 0) is 0 Å². The molecular formula is C12H17NOS. The molecule has 0 aromatic carbocycles. The van der Waals surface area contributed by atoms with Crippen molar-refractivity contribution in [3.8, 4) is 0 Å². The summed E-state index contributed by atoms with van der Waals surface area (Å²) >= 11 is 1.54. The van der Waals surface area contributed by atoms with E-state index in [1.54, 1.807) is 11.3 Å². The fourth-order valence-electron chi connectivity index (χ4n) is 1.72. The Kier molecular flexibility index (Phi) is 3.10. The third kappa shape index (κ3) is 2.59.